The third-order valence-corrected chi connectivity index (χ3v) is 2.78. The van der Waals surface area contributed by atoms with Crippen LogP contribution in [0.25, 0.3) is 11.0 Å². The molecule has 2 heterocycles. The zero-order chi connectivity index (χ0) is 11.7. The largest absolute Gasteiger partial charge is 0.461 e. The zero-order valence-corrected chi connectivity index (χ0v) is 9.26. The zero-order valence-electron chi connectivity index (χ0n) is 9.26. The molecule has 0 radical (unpaired) electrons. The van der Waals surface area contributed by atoms with Crippen molar-refractivity contribution in [1.29, 1.82) is 0 Å². The Morgan fingerprint density at radius 2 is 2.06 bits per heavy atom. The quantitative estimate of drug-likeness (QED) is 0.728. The molecule has 0 amide bonds. The Kier molecular flexibility index (Phi) is 2.29. The number of furan rings is 1. The minimum atomic E-state index is 0.675. The van der Waals surface area contributed by atoms with Gasteiger partial charge in [-0.25, -0.2) is 0 Å². The lowest BCUT2D eigenvalue weighted by molar-refractivity contribution is 0.563. The Balaban J connectivity index is 1.98. The van der Waals surface area contributed by atoms with E-state index in [1.807, 2.05) is 30.3 Å². The Morgan fingerprint density at radius 1 is 1.18 bits per heavy atom. The van der Waals surface area contributed by atoms with E-state index in [1.165, 1.54) is 0 Å². The predicted octanol–water partition coefficient (Wildman–Crippen LogP) is 3.00. The minimum absolute atomic E-state index is 0.675. The van der Waals surface area contributed by atoms with Crippen molar-refractivity contribution >= 4 is 16.7 Å². The molecule has 0 spiro atoms. The lowest BCUT2D eigenvalue weighted by Crippen LogP contribution is -1.95. The number of para-hydroxylation sites is 1. The van der Waals surface area contributed by atoms with Gasteiger partial charge in [0.25, 0.3) is 0 Å². The molecule has 3 nitrogen and oxygen atoms in total. The molecule has 3 rings (SSSR count). The Hall–Kier alpha value is -2.29. The maximum Gasteiger partial charge on any atom is 0.134 e. The standard InChI is InChI=1S/C14H12N2O/c15-13-5-6-16-9-11(13)8-12-7-10-3-1-2-4-14(10)17-12/h1-7,9H,8H2,(H2,15,16). The fourth-order valence-electron chi connectivity index (χ4n) is 1.90. The highest BCUT2D eigenvalue weighted by molar-refractivity contribution is 5.77. The van der Waals surface area contributed by atoms with E-state index < -0.39 is 0 Å². The number of fused-ring (bicyclic) bond motifs is 1. The van der Waals surface area contributed by atoms with Gasteiger partial charge >= 0.3 is 0 Å². The van der Waals surface area contributed by atoms with Gasteiger partial charge in [-0.15, -0.1) is 0 Å². The number of nitrogen functional groups attached to an aromatic ring is 1. The number of rotatable bonds is 2. The van der Waals surface area contributed by atoms with Crippen LogP contribution >= 0.6 is 0 Å². The second-order valence-electron chi connectivity index (χ2n) is 4.00. The van der Waals surface area contributed by atoms with Gasteiger partial charge in [0.05, 0.1) is 0 Å². The van der Waals surface area contributed by atoms with E-state index in [2.05, 4.69) is 4.98 Å². The number of benzene rings is 1. The Labute approximate surface area is 98.9 Å². The maximum atomic E-state index is 5.88. The summed E-state index contributed by atoms with van der Waals surface area (Å²) in [6.07, 6.45) is 4.15. The normalized spacial score (nSPS) is 10.8. The van der Waals surface area contributed by atoms with E-state index in [4.69, 9.17) is 10.2 Å². The third-order valence-electron chi connectivity index (χ3n) is 2.78. The van der Waals surface area contributed by atoms with Crippen molar-refractivity contribution in [2.45, 2.75) is 6.42 Å². The molecule has 17 heavy (non-hydrogen) atoms. The molecular weight excluding hydrogens is 212 g/mol. The van der Waals surface area contributed by atoms with Crippen LogP contribution in [0.2, 0.25) is 0 Å². The average Bonchev–Trinajstić information content (AvgIpc) is 2.74. The van der Waals surface area contributed by atoms with Crippen molar-refractivity contribution in [3.63, 3.8) is 0 Å². The van der Waals surface area contributed by atoms with Gasteiger partial charge in [-0.05, 0) is 18.2 Å². The van der Waals surface area contributed by atoms with Crippen LogP contribution in [-0.2, 0) is 6.42 Å². The van der Waals surface area contributed by atoms with Gasteiger partial charge in [-0.1, -0.05) is 18.2 Å². The Bertz CT molecular complexity index is 625. The highest BCUT2D eigenvalue weighted by Gasteiger charge is 2.06. The van der Waals surface area contributed by atoms with Crippen LogP contribution in [0.1, 0.15) is 11.3 Å². The van der Waals surface area contributed by atoms with Crippen molar-refractivity contribution < 1.29 is 4.42 Å². The molecule has 0 aliphatic heterocycles. The summed E-state index contributed by atoms with van der Waals surface area (Å²) in [5, 5.41) is 1.12. The van der Waals surface area contributed by atoms with Gasteiger partial charge in [0, 0.05) is 35.5 Å². The molecule has 2 N–H and O–H groups in total. The van der Waals surface area contributed by atoms with E-state index >= 15 is 0 Å². The molecule has 0 saturated carbocycles. The highest BCUT2D eigenvalue weighted by atomic mass is 16.3. The molecule has 0 saturated heterocycles. The number of pyridine rings is 1. The SMILES string of the molecule is Nc1ccncc1Cc1cc2ccccc2o1. The van der Waals surface area contributed by atoms with Crippen LogP contribution in [0.4, 0.5) is 5.69 Å². The molecule has 0 unspecified atom stereocenters. The van der Waals surface area contributed by atoms with Crippen molar-refractivity contribution in [3.05, 3.63) is 60.1 Å². The summed E-state index contributed by atoms with van der Waals surface area (Å²) < 4.78 is 5.74. The van der Waals surface area contributed by atoms with Crippen LogP contribution in [0, 0.1) is 0 Å². The minimum Gasteiger partial charge on any atom is -0.461 e. The lowest BCUT2D eigenvalue weighted by Gasteiger charge is -2.01. The van der Waals surface area contributed by atoms with Gasteiger partial charge in [-0.3, -0.25) is 4.98 Å². The fourth-order valence-corrected chi connectivity index (χ4v) is 1.90. The van der Waals surface area contributed by atoms with Gasteiger partial charge in [0.15, 0.2) is 0 Å². The number of hydrogen-bond acceptors (Lipinski definition) is 3. The van der Waals surface area contributed by atoms with Gasteiger partial charge in [-0.2, -0.15) is 0 Å². The molecule has 0 bridgehead atoms. The summed E-state index contributed by atoms with van der Waals surface area (Å²) in [6, 6.07) is 11.8. The molecular formula is C14H12N2O. The monoisotopic (exact) mass is 224 g/mol. The van der Waals surface area contributed by atoms with E-state index in [0.717, 1.165) is 28.0 Å². The summed E-state index contributed by atoms with van der Waals surface area (Å²) in [7, 11) is 0. The van der Waals surface area contributed by atoms with Crippen LogP contribution < -0.4 is 5.73 Å². The van der Waals surface area contributed by atoms with E-state index in [-0.39, 0.29) is 0 Å². The lowest BCUT2D eigenvalue weighted by atomic mass is 10.1. The number of nitrogens with two attached hydrogens (primary N) is 1. The van der Waals surface area contributed by atoms with E-state index in [1.54, 1.807) is 18.5 Å². The second kappa shape index (κ2) is 3.94. The van der Waals surface area contributed by atoms with Crippen LogP contribution in [0.15, 0.2) is 53.2 Å². The molecule has 0 aliphatic carbocycles. The van der Waals surface area contributed by atoms with Crippen molar-refractivity contribution in [1.82, 2.24) is 4.98 Å². The molecule has 3 heteroatoms. The summed E-state index contributed by atoms with van der Waals surface area (Å²) in [5.41, 5.74) is 8.53. The first-order valence-corrected chi connectivity index (χ1v) is 5.49. The first-order chi connectivity index (χ1) is 8.33. The average molecular weight is 224 g/mol. The summed E-state index contributed by atoms with van der Waals surface area (Å²) in [5.74, 6) is 0.908. The smallest absolute Gasteiger partial charge is 0.134 e. The highest BCUT2D eigenvalue weighted by Crippen LogP contribution is 2.22. The van der Waals surface area contributed by atoms with Gasteiger partial charge < -0.3 is 10.2 Å². The number of nitrogens with zero attached hydrogens (tertiary/aromatic N) is 1. The number of aromatic nitrogens is 1. The van der Waals surface area contributed by atoms with Crippen LogP contribution in [0.3, 0.4) is 0 Å². The van der Waals surface area contributed by atoms with Gasteiger partial charge in [0.2, 0.25) is 0 Å². The number of anilines is 1. The molecule has 84 valence electrons. The van der Waals surface area contributed by atoms with Crippen molar-refractivity contribution in [3.8, 4) is 0 Å². The maximum absolute atomic E-state index is 5.88. The third kappa shape index (κ3) is 1.87. The van der Waals surface area contributed by atoms with E-state index in [0.29, 0.717) is 6.42 Å². The second-order valence-corrected chi connectivity index (χ2v) is 4.00. The van der Waals surface area contributed by atoms with Crippen LogP contribution in [0.5, 0.6) is 0 Å². The fraction of sp³-hybridized carbons (Fsp3) is 0.0714. The first-order valence-electron chi connectivity index (χ1n) is 5.49. The molecule has 3 aromatic rings. The summed E-state index contributed by atoms with van der Waals surface area (Å²) in [4.78, 5) is 4.07. The molecule has 0 fully saturated rings. The van der Waals surface area contributed by atoms with E-state index in [9.17, 15) is 0 Å². The summed E-state index contributed by atoms with van der Waals surface area (Å²) >= 11 is 0. The molecule has 1 aromatic carbocycles. The predicted molar refractivity (Wildman–Crippen MR) is 67.7 cm³/mol. The first kappa shape index (κ1) is 9.90. The molecule has 0 atom stereocenters. The van der Waals surface area contributed by atoms with Crippen LogP contribution in [-0.4, -0.2) is 4.98 Å². The Morgan fingerprint density at radius 3 is 2.88 bits per heavy atom. The number of hydrogen-bond donors (Lipinski definition) is 1. The van der Waals surface area contributed by atoms with Crippen molar-refractivity contribution in [2.75, 3.05) is 5.73 Å². The summed E-state index contributed by atoms with van der Waals surface area (Å²) in [6.45, 7) is 0. The molecule has 2 aromatic heterocycles. The van der Waals surface area contributed by atoms with Crippen molar-refractivity contribution in [2.24, 2.45) is 0 Å². The van der Waals surface area contributed by atoms with Gasteiger partial charge in [0.1, 0.15) is 11.3 Å². The molecule has 0 aliphatic rings. The topological polar surface area (TPSA) is 52.0 Å².